The van der Waals surface area contributed by atoms with Crippen molar-refractivity contribution in [3.63, 3.8) is 0 Å². The lowest BCUT2D eigenvalue weighted by Gasteiger charge is -2.09. The lowest BCUT2D eigenvalue weighted by molar-refractivity contribution is 0.0953. The predicted octanol–water partition coefficient (Wildman–Crippen LogP) is 2.90. The zero-order valence-corrected chi connectivity index (χ0v) is 13.1. The molecule has 0 unspecified atom stereocenters. The molecule has 0 spiro atoms. The SMILES string of the molecule is C/C(=N/NC(=O)c1ccoc1C)c1ccc2c(c1)OCCCO2. The van der Waals surface area contributed by atoms with Gasteiger partial charge in [0, 0.05) is 12.0 Å². The van der Waals surface area contributed by atoms with E-state index in [2.05, 4.69) is 10.5 Å². The Labute approximate surface area is 134 Å². The quantitative estimate of drug-likeness (QED) is 0.698. The van der Waals surface area contributed by atoms with Gasteiger partial charge in [-0.15, -0.1) is 0 Å². The molecule has 6 heteroatoms. The van der Waals surface area contributed by atoms with Crippen molar-refractivity contribution < 1.29 is 18.7 Å². The minimum atomic E-state index is -0.301. The van der Waals surface area contributed by atoms with Crippen LogP contribution in [-0.2, 0) is 0 Å². The lowest BCUT2D eigenvalue weighted by atomic mass is 10.1. The molecule has 2 heterocycles. The number of fused-ring (bicyclic) bond motifs is 1. The number of nitrogens with one attached hydrogen (secondary N) is 1. The molecule has 1 aliphatic rings. The van der Waals surface area contributed by atoms with Crippen LogP contribution in [0.25, 0.3) is 0 Å². The molecule has 0 aliphatic carbocycles. The summed E-state index contributed by atoms with van der Waals surface area (Å²) in [6.45, 7) is 4.83. The van der Waals surface area contributed by atoms with Gasteiger partial charge >= 0.3 is 0 Å². The summed E-state index contributed by atoms with van der Waals surface area (Å²) in [7, 11) is 0. The summed E-state index contributed by atoms with van der Waals surface area (Å²) in [5.41, 5.74) is 4.54. The number of hydrogen-bond donors (Lipinski definition) is 1. The number of hydrogen-bond acceptors (Lipinski definition) is 5. The van der Waals surface area contributed by atoms with Crippen molar-refractivity contribution in [3.05, 3.63) is 47.4 Å². The molecule has 120 valence electrons. The van der Waals surface area contributed by atoms with Gasteiger partial charge in [0.05, 0.1) is 30.8 Å². The van der Waals surface area contributed by atoms with Crippen LogP contribution in [0.15, 0.2) is 40.0 Å². The fraction of sp³-hybridized carbons (Fsp3) is 0.294. The van der Waals surface area contributed by atoms with Gasteiger partial charge in [-0.25, -0.2) is 5.43 Å². The number of aryl methyl sites for hydroxylation is 1. The minimum absolute atomic E-state index is 0.301. The molecule has 0 saturated carbocycles. The third-order valence-corrected chi connectivity index (χ3v) is 3.59. The van der Waals surface area contributed by atoms with Gasteiger partial charge < -0.3 is 13.9 Å². The molecule has 1 amide bonds. The van der Waals surface area contributed by atoms with E-state index in [0.717, 1.165) is 17.7 Å². The topological polar surface area (TPSA) is 73.1 Å². The summed E-state index contributed by atoms with van der Waals surface area (Å²) in [6, 6.07) is 7.23. The van der Waals surface area contributed by atoms with Gasteiger partial charge in [-0.1, -0.05) is 0 Å². The Morgan fingerprint density at radius 2 is 1.96 bits per heavy atom. The molecule has 6 nitrogen and oxygen atoms in total. The monoisotopic (exact) mass is 314 g/mol. The van der Waals surface area contributed by atoms with Crippen LogP contribution in [0.3, 0.4) is 0 Å². The van der Waals surface area contributed by atoms with E-state index >= 15 is 0 Å². The van der Waals surface area contributed by atoms with Crippen LogP contribution in [0.4, 0.5) is 0 Å². The first-order valence-corrected chi connectivity index (χ1v) is 7.44. The number of nitrogens with zero attached hydrogens (tertiary/aromatic N) is 1. The van der Waals surface area contributed by atoms with Crippen molar-refractivity contribution >= 4 is 11.6 Å². The number of furan rings is 1. The number of carbonyl (C=O) groups is 1. The van der Waals surface area contributed by atoms with Crippen molar-refractivity contribution in [2.75, 3.05) is 13.2 Å². The van der Waals surface area contributed by atoms with Gasteiger partial charge in [-0.2, -0.15) is 5.10 Å². The van der Waals surface area contributed by atoms with E-state index in [0.29, 0.717) is 36.0 Å². The van der Waals surface area contributed by atoms with E-state index in [9.17, 15) is 4.79 Å². The number of carbonyl (C=O) groups excluding carboxylic acids is 1. The molecule has 3 rings (SSSR count). The number of benzene rings is 1. The smallest absolute Gasteiger partial charge is 0.274 e. The summed E-state index contributed by atoms with van der Waals surface area (Å²) in [4.78, 5) is 12.0. The molecule has 0 saturated heterocycles. The van der Waals surface area contributed by atoms with E-state index < -0.39 is 0 Å². The molecule has 1 aliphatic heterocycles. The second kappa shape index (κ2) is 6.56. The van der Waals surface area contributed by atoms with E-state index in [4.69, 9.17) is 13.9 Å². The van der Waals surface area contributed by atoms with Crippen LogP contribution >= 0.6 is 0 Å². The predicted molar refractivity (Wildman–Crippen MR) is 85.2 cm³/mol. The Bertz CT molecular complexity index is 749. The Kier molecular flexibility index (Phi) is 4.32. The Hall–Kier alpha value is -2.76. The second-order valence-corrected chi connectivity index (χ2v) is 5.24. The van der Waals surface area contributed by atoms with Crippen LogP contribution in [-0.4, -0.2) is 24.8 Å². The van der Waals surface area contributed by atoms with E-state index in [-0.39, 0.29) is 5.91 Å². The highest BCUT2D eigenvalue weighted by atomic mass is 16.5. The summed E-state index contributed by atoms with van der Waals surface area (Å²) >= 11 is 0. The Morgan fingerprint density at radius 3 is 2.70 bits per heavy atom. The molecule has 0 atom stereocenters. The second-order valence-electron chi connectivity index (χ2n) is 5.24. The summed E-state index contributed by atoms with van der Waals surface area (Å²) in [5.74, 6) is 1.69. The van der Waals surface area contributed by atoms with Crippen LogP contribution in [0.5, 0.6) is 11.5 Å². The first kappa shape index (κ1) is 15.1. The van der Waals surface area contributed by atoms with Gasteiger partial charge in [0.25, 0.3) is 5.91 Å². The van der Waals surface area contributed by atoms with E-state index in [1.54, 1.807) is 13.0 Å². The zero-order chi connectivity index (χ0) is 16.2. The Balaban J connectivity index is 1.75. The molecular formula is C17H18N2O4. The van der Waals surface area contributed by atoms with Crippen molar-refractivity contribution in [2.24, 2.45) is 5.10 Å². The van der Waals surface area contributed by atoms with E-state index in [1.165, 1.54) is 6.26 Å². The fourth-order valence-electron chi connectivity index (χ4n) is 2.27. The maximum atomic E-state index is 12.0. The molecule has 1 aromatic heterocycles. The third kappa shape index (κ3) is 3.36. The highest BCUT2D eigenvalue weighted by molar-refractivity contribution is 6.01. The molecule has 0 fully saturated rings. The first-order valence-electron chi connectivity index (χ1n) is 7.44. The van der Waals surface area contributed by atoms with Gasteiger partial charge in [-0.3, -0.25) is 4.79 Å². The van der Waals surface area contributed by atoms with Crippen molar-refractivity contribution in [3.8, 4) is 11.5 Å². The van der Waals surface area contributed by atoms with Gasteiger partial charge in [0.1, 0.15) is 5.76 Å². The Morgan fingerprint density at radius 1 is 1.17 bits per heavy atom. The van der Waals surface area contributed by atoms with Crippen molar-refractivity contribution in [1.29, 1.82) is 0 Å². The van der Waals surface area contributed by atoms with Crippen LogP contribution in [0.2, 0.25) is 0 Å². The molecule has 1 aromatic carbocycles. The molecule has 0 radical (unpaired) electrons. The minimum Gasteiger partial charge on any atom is -0.490 e. The van der Waals surface area contributed by atoms with Gasteiger partial charge in [0.15, 0.2) is 11.5 Å². The van der Waals surface area contributed by atoms with Crippen LogP contribution in [0.1, 0.15) is 35.0 Å². The lowest BCUT2D eigenvalue weighted by Crippen LogP contribution is -2.19. The molecule has 23 heavy (non-hydrogen) atoms. The molecule has 1 N–H and O–H groups in total. The maximum Gasteiger partial charge on any atom is 0.274 e. The zero-order valence-electron chi connectivity index (χ0n) is 13.1. The van der Waals surface area contributed by atoms with Gasteiger partial charge in [0.2, 0.25) is 0 Å². The molecule has 2 aromatic rings. The van der Waals surface area contributed by atoms with Crippen LogP contribution < -0.4 is 14.9 Å². The molecule has 0 bridgehead atoms. The normalized spacial score (nSPS) is 14.3. The molecular weight excluding hydrogens is 296 g/mol. The average Bonchev–Trinajstić information content (AvgIpc) is 2.85. The summed E-state index contributed by atoms with van der Waals surface area (Å²) in [6.07, 6.45) is 2.34. The van der Waals surface area contributed by atoms with Crippen LogP contribution in [0, 0.1) is 6.92 Å². The largest absolute Gasteiger partial charge is 0.490 e. The van der Waals surface area contributed by atoms with E-state index in [1.807, 2.05) is 25.1 Å². The maximum absolute atomic E-state index is 12.0. The number of amides is 1. The summed E-state index contributed by atoms with van der Waals surface area (Å²) < 4.78 is 16.4. The average molecular weight is 314 g/mol. The van der Waals surface area contributed by atoms with Crippen molar-refractivity contribution in [1.82, 2.24) is 5.43 Å². The third-order valence-electron chi connectivity index (χ3n) is 3.59. The highest BCUT2D eigenvalue weighted by Crippen LogP contribution is 2.30. The number of ether oxygens (including phenoxy) is 2. The number of rotatable bonds is 3. The summed E-state index contributed by atoms with van der Waals surface area (Å²) in [5, 5.41) is 4.14. The standard InChI is InChI=1S/C17H18N2O4/c1-11(18-19-17(20)14-6-9-21-12(14)2)13-4-5-15-16(10-13)23-8-3-7-22-15/h4-6,9-10H,3,7-8H2,1-2H3,(H,19,20)/b18-11-. The fourth-order valence-corrected chi connectivity index (χ4v) is 2.27. The number of hydrazone groups is 1. The first-order chi connectivity index (χ1) is 11.1. The van der Waals surface area contributed by atoms with Gasteiger partial charge in [-0.05, 0) is 38.1 Å². The van der Waals surface area contributed by atoms with Crippen molar-refractivity contribution in [2.45, 2.75) is 20.3 Å². The highest BCUT2D eigenvalue weighted by Gasteiger charge is 2.13.